The minimum absolute atomic E-state index is 0.308. The van der Waals surface area contributed by atoms with E-state index in [9.17, 15) is 0 Å². The third-order valence-corrected chi connectivity index (χ3v) is 14.7. The van der Waals surface area contributed by atoms with Crippen LogP contribution in [0.2, 0.25) is 5.04 Å². The number of halogens is 2. The molecule has 1 saturated heterocycles. The molecule has 5 aromatic rings. The summed E-state index contributed by atoms with van der Waals surface area (Å²) in [7, 11) is -1.46. The number of pyridine rings is 1. The van der Waals surface area contributed by atoms with Crippen LogP contribution in [-0.4, -0.2) is 70.6 Å². The van der Waals surface area contributed by atoms with Crippen LogP contribution in [0.3, 0.4) is 0 Å². The SMILES string of the molecule is COc1cc2c(Nc3ccc(O[Si](c4ccccc4)(c4ccccc4)C(C)(C)CCl)cc3F)ccnc2cc1OCCN1CCOCC1. The van der Waals surface area contributed by atoms with Crippen LogP contribution in [0.15, 0.2) is 103 Å². The van der Waals surface area contributed by atoms with Crippen LogP contribution in [0, 0.1) is 5.82 Å². The second-order valence-electron chi connectivity index (χ2n) is 12.5. The Labute approximate surface area is 287 Å². The molecule has 48 heavy (non-hydrogen) atoms. The molecule has 0 amide bonds. The van der Waals surface area contributed by atoms with E-state index >= 15 is 4.39 Å². The predicted octanol–water partition coefficient (Wildman–Crippen LogP) is 6.99. The zero-order valence-corrected chi connectivity index (χ0v) is 29.3. The van der Waals surface area contributed by atoms with E-state index in [0.29, 0.717) is 46.6 Å². The molecule has 1 N–H and O–H groups in total. The van der Waals surface area contributed by atoms with E-state index in [1.807, 2.05) is 60.7 Å². The molecule has 2 heterocycles. The smallest absolute Gasteiger partial charge is 0.321 e. The van der Waals surface area contributed by atoms with Gasteiger partial charge in [0.2, 0.25) is 0 Å². The van der Waals surface area contributed by atoms with Gasteiger partial charge in [0.05, 0.1) is 31.5 Å². The molecule has 0 atom stereocenters. The number of nitrogens with one attached hydrogen (secondary N) is 1. The maximum absolute atomic E-state index is 16.0. The lowest BCUT2D eigenvalue weighted by molar-refractivity contribution is 0.0321. The topological polar surface area (TPSA) is 65.1 Å². The van der Waals surface area contributed by atoms with Crippen molar-refractivity contribution in [2.24, 2.45) is 0 Å². The first-order valence-electron chi connectivity index (χ1n) is 16.2. The molecule has 4 aromatic carbocycles. The highest BCUT2D eigenvalue weighted by Crippen LogP contribution is 2.40. The molecule has 250 valence electrons. The zero-order chi connectivity index (χ0) is 33.6. The summed E-state index contributed by atoms with van der Waals surface area (Å²) in [5, 5.41) is 5.73. The largest absolute Gasteiger partial charge is 0.534 e. The van der Waals surface area contributed by atoms with Crippen molar-refractivity contribution >= 4 is 52.6 Å². The summed E-state index contributed by atoms with van der Waals surface area (Å²) in [6.45, 7) is 8.84. The highest BCUT2D eigenvalue weighted by atomic mass is 35.5. The second-order valence-corrected chi connectivity index (χ2v) is 16.8. The number of benzene rings is 4. The number of hydrogen-bond donors (Lipinski definition) is 1. The number of rotatable bonds is 13. The van der Waals surface area contributed by atoms with Gasteiger partial charge in [0.15, 0.2) is 11.5 Å². The van der Waals surface area contributed by atoms with Gasteiger partial charge in [-0.25, -0.2) is 4.39 Å². The Balaban J connectivity index is 1.28. The summed E-state index contributed by atoms with van der Waals surface area (Å²) in [6.07, 6.45) is 1.69. The zero-order valence-electron chi connectivity index (χ0n) is 27.5. The first kappa shape index (κ1) is 33.7. The summed E-state index contributed by atoms with van der Waals surface area (Å²) in [4.78, 5) is 6.87. The molecule has 1 aromatic heterocycles. The molecule has 0 unspecified atom stereocenters. The monoisotopic (exact) mass is 685 g/mol. The van der Waals surface area contributed by atoms with Gasteiger partial charge in [-0.2, -0.15) is 0 Å². The first-order valence-corrected chi connectivity index (χ1v) is 18.6. The molecular weight excluding hydrogens is 645 g/mol. The lowest BCUT2D eigenvalue weighted by atomic mass is 10.1. The Morgan fingerprint density at radius 2 is 1.58 bits per heavy atom. The summed E-state index contributed by atoms with van der Waals surface area (Å²) in [5.74, 6) is 1.55. The van der Waals surface area contributed by atoms with E-state index in [1.54, 1.807) is 19.4 Å². The van der Waals surface area contributed by atoms with Crippen LogP contribution in [0.1, 0.15) is 13.8 Å². The number of morpholine rings is 1. The van der Waals surface area contributed by atoms with E-state index < -0.39 is 19.2 Å². The van der Waals surface area contributed by atoms with Gasteiger partial charge in [0.1, 0.15) is 18.2 Å². The number of ether oxygens (including phenoxy) is 3. The van der Waals surface area contributed by atoms with Crippen molar-refractivity contribution in [3.8, 4) is 17.2 Å². The van der Waals surface area contributed by atoms with E-state index in [2.05, 4.69) is 53.3 Å². The van der Waals surface area contributed by atoms with E-state index in [0.717, 1.165) is 48.6 Å². The lowest BCUT2D eigenvalue weighted by Gasteiger charge is -2.44. The summed E-state index contributed by atoms with van der Waals surface area (Å²) >= 11 is 6.67. The van der Waals surface area contributed by atoms with Gasteiger partial charge >= 0.3 is 8.32 Å². The highest BCUT2D eigenvalue weighted by molar-refractivity contribution is 7.00. The van der Waals surface area contributed by atoms with Crippen LogP contribution in [0.5, 0.6) is 17.2 Å². The molecule has 0 radical (unpaired) electrons. The molecule has 10 heteroatoms. The Morgan fingerprint density at radius 1 is 0.896 bits per heavy atom. The maximum atomic E-state index is 16.0. The van der Waals surface area contributed by atoms with Crippen LogP contribution in [0.4, 0.5) is 15.8 Å². The van der Waals surface area contributed by atoms with Crippen LogP contribution in [0.25, 0.3) is 10.9 Å². The lowest BCUT2D eigenvalue weighted by Crippen LogP contribution is -2.70. The van der Waals surface area contributed by atoms with Crippen LogP contribution in [-0.2, 0) is 4.74 Å². The molecule has 0 saturated carbocycles. The van der Waals surface area contributed by atoms with Crippen molar-refractivity contribution in [1.29, 1.82) is 0 Å². The van der Waals surface area contributed by atoms with Crippen molar-refractivity contribution in [2.75, 3.05) is 57.8 Å². The number of fused-ring (bicyclic) bond motifs is 1. The maximum Gasteiger partial charge on any atom is 0.321 e. The van der Waals surface area contributed by atoms with E-state index in [-0.39, 0.29) is 0 Å². The highest BCUT2D eigenvalue weighted by Gasteiger charge is 2.54. The van der Waals surface area contributed by atoms with Crippen LogP contribution >= 0.6 is 11.6 Å². The number of aromatic nitrogens is 1. The van der Waals surface area contributed by atoms with E-state index in [4.69, 9.17) is 30.2 Å². The average molecular weight is 686 g/mol. The molecule has 6 rings (SSSR count). The first-order chi connectivity index (χ1) is 23.3. The molecule has 1 aliphatic heterocycles. The van der Waals surface area contributed by atoms with Gasteiger partial charge in [-0.1, -0.05) is 74.5 Å². The van der Waals surface area contributed by atoms with Crippen molar-refractivity contribution in [3.63, 3.8) is 0 Å². The fourth-order valence-electron chi connectivity index (χ4n) is 6.27. The summed E-state index contributed by atoms with van der Waals surface area (Å²) in [6, 6.07) is 30.9. The minimum atomic E-state index is -3.06. The van der Waals surface area contributed by atoms with Gasteiger partial charge in [-0.15, -0.1) is 11.6 Å². The van der Waals surface area contributed by atoms with E-state index in [1.165, 1.54) is 6.07 Å². The van der Waals surface area contributed by atoms with Gasteiger partial charge in [-0.05, 0) is 34.6 Å². The van der Waals surface area contributed by atoms with Gasteiger partial charge < -0.3 is 24.0 Å². The third kappa shape index (κ3) is 7.00. The van der Waals surface area contributed by atoms with Crippen molar-refractivity contribution in [2.45, 2.75) is 18.9 Å². The molecule has 0 aliphatic carbocycles. The third-order valence-electron chi connectivity index (χ3n) is 8.92. The van der Waals surface area contributed by atoms with Gasteiger partial charge in [0.25, 0.3) is 0 Å². The quantitative estimate of drug-likeness (QED) is 0.106. The summed E-state index contributed by atoms with van der Waals surface area (Å²) in [5.41, 5.74) is 1.70. The number of methoxy groups -OCH3 is 1. The van der Waals surface area contributed by atoms with Gasteiger partial charge in [-0.3, -0.25) is 9.88 Å². The normalized spacial score (nSPS) is 14.1. The number of hydrogen-bond acceptors (Lipinski definition) is 7. The molecule has 7 nitrogen and oxygen atoms in total. The minimum Gasteiger partial charge on any atom is -0.534 e. The predicted molar refractivity (Wildman–Crippen MR) is 194 cm³/mol. The summed E-state index contributed by atoms with van der Waals surface area (Å²) < 4.78 is 40.2. The van der Waals surface area contributed by atoms with Gasteiger partial charge in [0, 0.05) is 60.0 Å². The number of alkyl halides is 1. The average Bonchev–Trinajstić information content (AvgIpc) is 3.12. The Morgan fingerprint density at radius 3 is 2.21 bits per heavy atom. The van der Waals surface area contributed by atoms with Crippen molar-refractivity contribution in [1.82, 2.24) is 9.88 Å². The van der Waals surface area contributed by atoms with Crippen molar-refractivity contribution < 1.29 is 23.0 Å². The Kier molecular flexibility index (Phi) is 10.5. The van der Waals surface area contributed by atoms with Crippen LogP contribution < -0.4 is 29.6 Å². The Hall–Kier alpha value is -4.15. The second kappa shape index (κ2) is 14.9. The fraction of sp³-hybridized carbons (Fsp3) is 0.289. The number of anilines is 2. The fourth-order valence-corrected chi connectivity index (χ4v) is 11.2. The Bertz CT molecular complexity index is 1780. The molecular formula is C38H41ClFN3O4Si. The number of nitrogens with zero attached hydrogens (tertiary/aromatic N) is 2. The standard InChI is InChI=1S/C38H41ClFN3O4Si/c1-38(2,27-39)48(29-10-6-4-7-11-29,30-12-8-5-9-13-30)47-28-14-15-34(32(40)24-28)42-33-16-17-41-35-26-37(36(44-3)25-31(33)35)46-23-20-43-18-21-45-22-19-43/h4-17,24-26H,18-23,27H2,1-3H3,(H,41,42). The molecule has 0 bridgehead atoms. The molecule has 1 fully saturated rings. The molecule has 1 aliphatic rings. The molecule has 0 spiro atoms. The van der Waals surface area contributed by atoms with Crippen molar-refractivity contribution in [3.05, 3.63) is 109 Å².